The van der Waals surface area contributed by atoms with Crippen molar-refractivity contribution in [2.45, 2.75) is 6.92 Å². The molecule has 1 fully saturated rings. The number of methoxy groups -OCH3 is 1. The van der Waals surface area contributed by atoms with Crippen LogP contribution in [0.3, 0.4) is 0 Å². The fourth-order valence-electron chi connectivity index (χ4n) is 2.95. The van der Waals surface area contributed by atoms with Crippen molar-refractivity contribution in [3.63, 3.8) is 0 Å². The van der Waals surface area contributed by atoms with Crippen molar-refractivity contribution in [1.82, 2.24) is 4.90 Å². The molecule has 0 aromatic heterocycles. The van der Waals surface area contributed by atoms with E-state index >= 15 is 0 Å². The molecule has 0 bridgehead atoms. The van der Waals surface area contributed by atoms with E-state index in [-0.39, 0.29) is 5.91 Å². The van der Waals surface area contributed by atoms with Gasteiger partial charge in [-0.2, -0.15) is 0 Å². The molecule has 5 heteroatoms. The Kier molecular flexibility index (Phi) is 4.95. The maximum atomic E-state index is 12.7. The van der Waals surface area contributed by atoms with Gasteiger partial charge in [-0.15, -0.1) is 0 Å². The highest BCUT2D eigenvalue weighted by molar-refractivity contribution is 6.31. The van der Waals surface area contributed by atoms with E-state index in [1.807, 2.05) is 42.2 Å². The lowest BCUT2D eigenvalue weighted by Crippen LogP contribution is -2.48. The summed E-state index contributed by atoms with van der Waals surface area (Å²) in [6, 6.07) is 13.5. The number of piperazine rings is 1. The van der Waals surface area contributed by atoms with E-state index in [1.165, 1.54) is 0 Å². The first-order valence-electron chi connectivity index (χ1n) is 8.03. The summed E-state index contributed by atoms with van der Waals surface area (Å²) in [5, 5.41) is 0.633. The van der Waals surface area contributed by atoms with E-state index in [0.29, 0.717) is 23.7 Å². The number of amides is 1. The number of anilines is 1. The number of hydrogen-bond acceptors (Lipinski definition) is 3. The van der Waals surface area contributed by atoms with Crippen LogP contribution in [0, 0.1) is 6.92 Å². The highest BCUT2D eigenvalue weighted by Gasteiger charge is 2.23. The minimum absolute atomic E-state index is 0.0385. The fraction of sp³-hybridized carbons (Fsp3) is 0.316. The Morgan fingerprint density at radius 2 is 1.79 bits per heavy atom. The molecule has 0 N–H and O–H groups in total. The van der Waals surface area contributed by atoms with Crippen LogP contribution in [0.5, 0.6) is 5.75 Å². The Morgan fingerprint density at radius 1 is 1.08 bits per heavy atom. The van der Waals surface area contributed by atoms with Crippen molar-refractivity contribution in [3.8, 4) is 5.75 Å². The summed E-state index contributed by atoms with van der Waals surface area (Å²) in [6.45, 7) is 4.87. The van der Waals surface area contributed by atoms with Gasteiger partial charge in [0.15, 0.2) is 0 Å². The fourth-order valence-corrected chi connectivity index (χ4v) is 3.13. The number of carbonyl (C=O) groups is 1. The molecule has 2 aromatic rings. The van der Waals surface area contributed by atoms with Crippen LogP contribution in [-0.2, 0) is 0 Å². The number of rotatable bonds is 3. The van der Waals surface area contributed by atoms with Crippen LogP contribution in [-0.4, -0.2) is 44.1 Å². The van der Waals surface area contributed by atoms with Gasteiger partial charge in [-0.05, 0) is 36.8 Å². The standard InChI is InChI=1S/C19H21ClN2O2/c1-14-7-8-15(13-16(14)20)19(23)22-11-9-21(10-12-22)17-5-3-4-6-18(17)24-2/h3-8,13H,9-12H2,1-2H3. The molecule has 0 spiro atoms. The number of ether oxygens (including phenoxy) is 1. The molecular formula is C19H21ClN2O2. The Bertz CT molecular complexity index is 740. The third-order valence-electron chi connectivity index (χ3n) is 4.41. The predicted molar refractivity (Wildman–Crippen MR) is 97.3 cm³/mol. The van der Waals surface area contributed by atoms with Crippen LogP contribution in [0.1, 0.15) is 15.9 Å². The van der Waals surface area contributed by atoms with Gasteiger partial charge in [0.2, 0.25) is 0 Å². The van der Waals surface area contributed by atoms with Gasteiger partial charge in [-0.25, -0.2) is 0 Å². The topological polar surface area (TPSA) is 32.8 Å². The third-order valence-corrected chi connectivity index (χ3v) is 4.82. The van der Waals surface area contributed by atoms with E-state index in [1.54, 1.807) is 13.2 Å². The summed E-state index contributed by atoms with van der Waals surface area (Å²) >= 11 is 6.14. The van der Waals surface area contributed by atoms with Crippen molar-refractivity contribution in [1.29, 1.82) is 0 Å². The molecule has 1 aliphatic heterocycles. The average molecular weight is 345 g/mol. The Balaban J connectivity index is 1.68. The summed E-state index contributed by atoms with van der Waals surface area (Å²) in [5.74, 6) is 0.902. The first-order valence-corrected chi connectivity index (χ1v) is 8.41. The normalized spacial score (nSPS) is 14.6. The molecule has 0 saturated carbocycles. The molecule has 4 nitrogen and oxygen atoms in total. The molecule has 1 aliphatic rings. The second-order valence-electron chi connectivity index (χ2n) is 5.92. The third kappa shape index (κ3) is 3.34. The van der Waals surface area contributed by atoms with E-state index in [0.717, 1.165) is 30.1 Å². The zero-order valence-corrected chi connectivity index (χ0v) is 14.7. The summed E-state index contributed by atoms with van der Waals surface area (Å²) in [7, 11) is 1.68. The second-order valence-corrected chi connectivity index (χ2v) is 6.32. The van der Waals surface area contributed by atoms with E-state index in [4.69, 9.17) is 16.3 Å². The minimum Gasteiger partial charge on any atom is -0.495 e. The quantitative estimate of drug-likeness (QED) is 0.852. The van der Waals surface area contributed by atoms with Crippen molar-refractivity contribution >= 4 is 23.2 Å². The molecule has 1 saturated heterocycles. The molecule has 3 rings (SSSR count). The molecule has 1 amide bonds. The molecule has 2 aromatic carbocycles. The van der Waals surface area contributed by atoms with Gasteiger partial charge in [0.25, 0.3) is 5.91 Å². The van der Waals surface area contributed by atoms with E-state index in [2.05, 4.69) is 11.0 Å². The molecule has 1 heterocycles. The van der Waals surface area contributed by atoms with Crippen LogP contribution < -0.4 is 9.64 Å². The summed E-state index contributed by atoms with van der Waals surface area (Å²) < 4.78 is 5.43. The van der Waals surface area contributed by atoms with Gasteiger partial charge in [-0.3, -0.25) is 4.79 Å². The molecule has 0 unspecified atom stereocenters. The Labute approximate surface area is 147 Å². The molecule has 126 valence electrons. The van der Waals surface area contributed by atoms with E-state index < -0.39 is 0 Å². The van der Waals surface area contributed by atoms with Gasteiger partial charge >= 0.3 is 0 Å². The smallest absolute Gasteiger partial charge is 0.254 e. The maximum Gasteiger partial charge on any atom is 0.254 e. The number of nitrogens with zero attached hydrogens (tertiary/aromatic N) is 2. The van der Waals surface area contributed by atoms with Crippen LogP contribution in [0.4, 0.5) is 5.69 Å². The molecule has 0 atom stereocenters. The minimum atomic E-state index is 0.0385. The average Bonchev–Trinajstić information content (AvgIpc) is 2.63. The first kappa shape index (κ1) is 16.7. The van der Waals surface area contributed by atoms with Crippen LogP contribution >= 0.6 is 11.6 Å². The zero-order chi connectivity index (χ0) is 17.1. The Hall–Kier alpha value is -2.20. The number of hydrogen-bond donors (Lipinski definition) is 0. The number of aryl methyl sites for hydroxylation is 1. The lowest BCUT2D eigenvalue weighted by Gasteiger charge is -2.36. The van der Waals surface area contributed by atoms with Crippen molar-refractivity contribution in [2.24, 2.45) is 0 Å². The lowest BCUT2D eigenvalue weighted by molar-refractivity contribution is 0.0746. The van der Waals surface area contributed by atoms with Gasteiger partial charge in [0.1, 0.15) is 5.75 Å². The first-order chi connectivity index (χ1) is 11.6. The van der Waals surface area contributed by atoms with Crippen molar-refractivity contribution < 1.29 is 9.53 Å². The second kappa shape index (κ2) is 7.14. The number of benzene rings is 2. The van der Waals surface area contributed by atoms with Crippen LogP contribution in [0.15, 0.2) is 42.5 Å². The van der Waals surface area contributed by atoms with E-state index in [9.17, 15) is 4.79 Å². The van der Waals surface area contributed by atoms with Gasteiger partial charge < -0.3 is 14.5 Å². The summed E-state index contributed by atoms with van der Waals surface area (Å²) in [4.78, 5) is 16.8. The molecular weight excluding hydrogens is 324 g/mol. The largest absolute Gasteiger partial charge is 0.495 e. The highest BCUT2D eigenvalue weighted by atomic mass is 35.5. The number of para-hydroxylation sites is 2. The number of carbonyl (C=O) groups excluding carboxylic acids is 1. The van der Waals surface area contributed by atoms with Crippen molar-refractivity contribution in [2.75, 3.05) is 38.2 Å². The SMILES string of the molecule is COc1ccccc1N1CCN(C(=O)c2ccc(C)c(Cl)c2)CC1. The maximum absolute atomic E-state index is 12.7. The molecule has 24 heavy (non-hydrogen) atoms. The summed E-state index contributed by atoms with van der Waals surface area (Å²) in [6.07, 6.45) is 0. The summed E-state index contributed by atoms with van der Waals surface area (Å²) in [5.41, 5.74) is 2.70. The van der Waals surface area contributed by atoms with Crippen molar-refractivity contribution in [3.05, 3.63) is 58.6 Å². The highest BCUT2D eigenvalue weighted by Crippen LogP contribution is 2.28. The lowest BCUT2D eigenvalue weighted by atomic mass is 10.1. The monoisotopic (exact) mass is 344 g/mol. The van der Waals surface area contributed by atoms with Gasteiger partial charge in [0.05, 0.1) is 12.8 Å². The van der Waals surface area contributed by atoms with Gasteiger partial charge in [0, 0.05) is 36.8 Å². The molecule has 0 aliphatic carbocycles. The van der Waals surface area contributed by atoms with Crippen LogP contribution in [0.25, 0.3) is 0 Å². The molecule has 0 radical (unpaired) electrons. The zero-order valence-electron chi connectivity index (χ0n) is 14.0. The number of halogens is 1. The predicted octanol–water partition coefficient (Wildman–Crippen LogP) is 3.62. The van der Waals surface area contributed by atoms with Gasteiger partial charge in [-0.1, -0.05) is 29.8 Å². The Morgan fingerprint density at radius 3 is 2.46 bits per heavy atom. The van der Waals surface area contributed by atoms with Crippen LogP contribution in [0.2, 0.25) is 5.02 Å².